The highest BCUT2D eigenvalue weighted by atomic mass is 16.3. The molecule has 0 saturated heterocycles. The van der Waals surface area contributed by atoms with Crippen LogP contribution in [-0.4, -0.2) is 38.9 Å². The lowest BCUT2D eigenvalue weighted by Gasteiger charge is -2.56. The highest BCUT2D eigenvalue weighted by Crippen LogP contribution is 2.52. The molecule has 22 heavy (non-hydrogen) atoms. The number of rotatable bonds is 3. The first-order valence-corrected chi connectivity index (χ1v) is 8.76. The van der Waals surface area contributed by atoms with Crippen LogP contribution in [0.15, 0.2) is 12.2 Å². The van der Waals surface area contributed by atoms with Gasteiger partial charge < -0.3 is 15.3 Å². The average molecular weight is 308 g/mol. The predicted molar refractivity (Wildman–Crippen MR) is 83.1 cm³/mol. The zero-order chi connectivity index (χ0) is 15.9. The minimum atomic E-state index is -1.25. The SMILES string of the molecule is CC1C(=O)[C@]2(O)CC[C@H](O)[C@@H](C=C[C@@H](O)C3CCCCC3)[C@H]12. The van der Waals surface area contributed by atoms with Crippen LogP contribution in [0.1, 0.15) is 51.9 Å². The first-order valence-electron chi connectivity index (χ1n) is 8.76. The van der Waals surface area contributed by atoms with Gasteiger partial charge in [0.25, 0.3) is 0 Å². The Hall–Kier alpha value is -0.710. The van der Waals surface area contributed by atoms with Gasteiger partial charge >= 0.3 is 0 Å². The van der Waals surface area contributed by atoms with E-state index in [1.165, 1.54) is 19.3 Å². The lowest BCUT2D eigenvalue weighted by Crippen LogP contribution is -2.68. The van der Waals surface area contributed by atoms with Crippen molar-refractivity contribution in [1.29, 1.82) is 0 Å². The lowest BCUT2D eigenvalue weighted by molar-refractivity contribution is -0.197. The van der Waals surface area contributed by atoms with Crippen molar-refractivity contribution < 1.29 is 20.1 Å². The standard InChI is InChI=1S/C18H28O4/c1-11-16-13(15(20)9-10-18(16,22)17(11)21)7-8-14(19)12-5-3-2-4-6-12/h7-8,11-16,19-20,22H,2-6,9-10H2,1H3/t11?,13-,14-,15+,16+,18+/m1/s1. The summed E-state index contributed by atoms with van der Waals surface area (Å²) in [4.78, 5) is 12.0. The summed E-state index contributed by atoms with van der Waals surface area (Å²) in [7, 11) is 0. The van der Waals surface area contributed by atoms with Crippen molar-refractivity contribution in [2.45, 2.75) is 69.7 Å². The Morgan fingerprint density at radius 1 is 1.23 bits per heavy atom. The van der Waals surface area contributed by atoms with E-state index in [1.807, 2.05) is 13.0 Å². The van der Waals surface area contributed by atoms with Crippen LogP contribution >= 0.6 is 0 Å². The van der Waals surface area contributed by atoms with Crippen molar-refractivity contribution in [3.63, 3.8) is 0 Å². The van der Waals surface area contributed by atoms with Gasteiger partial charge in [-0.25, -0.2) is 0 Å². The van der Waals surface area contributed by atoms with Crippen LogP contribution < -0.4 is 0 Å². The highest BCUT2D eigenvalue weighted by Gasteiger charge is 2.63. The van der Waals surface area contributed by atoms with Crippen molar-refractivity contribution in [1.82, 2.24) is 0 Å². The van der Waals surface area contributed by atoms with Gasteiger partial charge in [-0.3, -0.25) is 4.79 Å². The summed E-state index contributed by atoms with van der Waals surface area (Å²) in [5, 5.41) is 31.1. The molecule has 3 N–H and O–H groups in total. The van der Waals surface area contributed by atoms with Gasteiger partial charge in [0.1, 0.15) is 5.60 Å². The third-order valence-corrected chi connectivity index (χ3v) is 6.27. The first-order chi connectivity index (χ1) is 10.4. The van der Waals surface area contributed by atoms with Crippen LogP contribution in [-0.2, 0) is 4.79 Å². The minimum absolute atomic E-state index is 0.0874. The predicted octanol–water partition coefficient (Wildman–Crippen LogP) is 1.82. The van der Waals surface area contributed by atoms with Gasteiger partial charge in [-0.05, 0) is 31.6 Å². The van der Waals surface area contributed by atoms with E-state index in [1.54, 1.807) is 6.08 Å². The van der Waals surface area contributed by atoms with Crippen LogP contribution in [0.2, 0.25) is 0 Å². The number of carbonyl (C=O) groups excluding carboxylic acids is 1. The number of aliphatic hydroxyl groups excluding tert-OH is 2. The molecule has 3 rings (SSSR count). The van der Waals surface area contributed by atoms with E-state index in [9.17, 15) is 20.1 Å². The summed E-state index contributed by atoms with van der Waals surface area (Å²) in [6.07, 6.45) is 9.17. The number of ketones is 1. The van der Waals surface area contributed by atoms with Crippen molar-refractivity contribution in [2.24, 2.45) is 23.7 Å². The van der Waals surface area contributed by atoms with E-state index in [2.05, 4.69) is 0 Å². The van der Waals surface area contributed by atoms with Crippen LogP contribution in [0.5, 0.6) is 0 Å². The summed E-state index contributed by atoms with van der Waals surface area (Å²) < 4.78 is 0. The lowest BCUT2D eigenvalue weighted by atomic mass is 9.50. The molecule has 3 aliphatic rings. The smallest absolute Gasteiger partial charge is 0.167 e. The van der Waals surface area contributed by atoms with E-state index >= 15 is 0 Å². The monoisotopic (exact) mass is 308 g/mol. The van der Waals surface area contributed by atoms with E-state index in [0.717, 1.165) is 12.8 Å². The maximum atomic E-state index is 12.0. The molecular formula is C18H28O4. The summed E-state index contributed by atoms with van der Waals surface area (Å²) >= 11 is 0. The molecule has 0 amide bonds. The largest absolute Gasteiger partial charge is 0.393 e. The number of fused-ring (bicyclic) bond motifs is 1. The molecule has 0 bridgehead atoms. The van der Waals surface area contributed by atoms with Crippen LogP contribution in [0.3, 0.4) is 0 Å². The minimum Gasteiger partial charge on any atom is -0.393 e. The van der Waals surface area contributed by atoms with Crippen molar-refractivity contribution >= 4 is 5.78 Å². The Morgan fingerprint density at radius 3 is 2.59 bits per heavy atom. The molecule has 1 unspecified atom stereocenters. The van der Waals surface area contributed by atoms with E-state index in [4.69, 9.17) is 0 Å². The van der Waals surface area contributed by atoms with E-state index in [-0.39, 0.29) is 23.5 Å². The molecule has 3 fully saturated rings. The molecule has 3 saturated carbocycles. The molecular weight excluding hydrogens is 280 g/mol. The molecule has 6 atom stereocenters. The van der Waals surface area contributed by atoms with Gasteiger partial charge in [-0.15, -0.1) is 0 Å². The Kier molecular flexibility index (Phi) is 4.45. The van der Waals surface area contributed by atoms with Gasteiger partial charge in [0.15, 0.2) is 5.78 Å². The van der Waals surface area contributed by atoms with E-state index < -0.39 is 17.8 Å². The first kappa shape index (κ1) is 16.2. The van der Waals surface area contributed by atoms with Gasteiger partial charge in [-0.2, -0.15) is 0 Å². The van der Waals surface area contributed by atoms with Gasteiger partial charge in [0.05, 0.1) is 12.2 Å². The van der Waals surface area contributed by atoms with Crippen LogP contribution in [0, 0.1) is 23.7 Å². The fourth-order valence-electron chi connectivity index (χ4n) is 4.90. The van der Waals surface area contributed by atoms with Crippen LogP contribution in [0.25, 0.3) is 0 Å². The molecule has 124 valence electrons. The molecule has 4 heteroatoms. The Bertz CT molecular complexity index is 454. The molecule has 0 spiro atoms. The van der Waals surface area contributed by atoms with E-state index in [0.29, 0.717) is 18.8 Å². The Morgan fingerprint density at radius 2 is 1.91 bits per heavy atom. The highest BCUT2D eigenvalue weighted by molar-refractivity contribution is 5.96. The molecule has 3 aliphatic carbocycles. The zero-order valence-corrected chi connectivity index (χ0v) is 13.3. The molecule has 0 aromatic carbocycles. The van der Waals surface area contributed by atoms with Crippen molar-refractivity contribution in [3.05, 3.63) is 12.2 Å². The molecule has 0 heterocycles. The average Bonchev–Trinajstić information content (AvgIpc) is 2.55. The molecule has 0 radical (unpaired) electrons. The summed E-state index contributed by atoms with van der Waals surface area (Å²) in [6, 6.07) is 0. The number of carbonyl (C=O) groups is 1. The molecule has 4 nitrogen and oxygen atoms in total. The summed E-state index contributed by atoms with van der Waals surface area (Å²) in [5.41, 5.74) is -1.25. The van der Waals surface area contributed by atoms with Gasteiger partial charge in [-0.1, -0.05) is 38.3 Å². The number of Topliss-reactive ketones (excluding diaryl/α,β-unsaturated/α-hetero) is 1. The fraction of sp³-hybridized carbons (Fsp3) is 0.833. The van der Waals surface area contributed by atoms with Crippen LogP contribution in [0.4, 0.5) is 0 Å². The number of hydrogen-bond acceptors (Lipinski definition) is 4. The second kappa shape index (κ2) is 6.06. The second-order valence-corrected chi connectivity index (χ2v) is 7.56. The third-order valence-electron chi connectivity index (χ3n) is 6.27. The fourth-order valence-corrected chi connectivity index (χ4v) is 4.90. The molecule has 0 aromatic rings. The van der Waals surface area contributed by atoms with Crippen molar-refractivity contribution in [2.75, 3.05) is 0 Å². The summed E-state index contributed by atoms with van der Waals surface area (Å²) in [6.45, 7) is 1.83. The second-order valence-electron chi connectivity index (χ2n) is 7.56. The Labute approximate surface area is 132 Å². The quantitative estimate of drug-likeness (QED) is 0.695. The number of hydrogen-bond donors (Lipinski definition) is 3. The summed E-state index contributed by atoms with van der Waals surface area (Å²) in [5.74, 6) is -0.426. The normalized spacial score (nSPS) is 44.6. The van der Waals surface area contributed by atoms with Gasteiger partial charge in [0.2, 0.25) is 0 Å². The maximum Gasteiger partial charge on any atom is 0.167 e. The molecule has 0 aromatic heterocycles. The maximum absolute atomic E-state index is 12.0. The topological polar surface area (TPSA) is 77.8 Å². The number of aliphatic hydroxyl groups is 3. The van der Waals surface area contributed by atoms with Crippen molar-refractivity contribution in [3.8, 4) is 0 Å². The van der Waals surface area contributed by atoms with Gasteiger partial charge in [0, 0.05) is 17.8 Å². The third kappa shape index (κ3) is 2.55. The zero-order valence-electron chi connectivity index (χ0n) is 13.3. The molecule has 0 aliphatic heterocycles. The Balaban J connectivity index is 1.69.